The molecule has 0 bridgehead atoms. The Morgan fingerprint density at radius 2 is 0.991 bits per heavy atom. The Bertz CT molecular complexity index is 4590. The summed E-state index contributed by atoms with van der Waals surface area (Å²) in [4.78, 5) is 233. The number of primary amides is 2. The second-order valence-corrected chi connectivity index (χ2v) is 30.5. The van der Waals surface area contributed by atoms with E-state index < -0.39 is 203 Å². The number of imidazole rings is 2. The number of anilines is 1. The van der Waals surface area contributed by atoms with Crippen LogP contribution < -0.4 is 43.9 Å². The maximum atomic E-state index is 15.2. The molecule has 2 aromatic heterocycles. The van der Waals surface area contributed by atoms with Gasteiger partial charge >= 0.3 is 11.9 Å². The number of aromatic amines is 2. The topological polar surface area (TPSA) is 559 Å². The second kappa shape index (κ2) is 38.5. The number of amides is 12. The molecular weight excluding hydrogens is 1510 g/mol. The molecule has 116 heavy (non-hydrogen) atoms. The fourth-order valence-corrected chi connectivity index (χ4v) is 13.6. The summed E-state index contributed by atoms with van der Waals surface area (Å²) in [5.74, 6) is -13.2. The number of nitrogens with two attached hydrogens (primary N) is 3. The monoisotopic (exact) mass is 1620 g/mol. The molecule has 0 spiro atoms. The number of cyclic esters (lactones) is 2. The molecule has 0 unspecified atom stereocenters. The van der Waals surface area contributed by atoms with Gasteiger partial charge in [-0.15, -0.1) is 10.2 Å². The lowest BCUT2D eigenvalue weighted by Crippen LogP contribution is -2.61. The molecule has 42 nitrogen and oxygen atoms in total. The number of nitrogen functional groups attached to an aromatic ring is 1. The standard InChI is InChI=1S/C62H86N12O16.2C6H10N6O/c1-27(2)42-59(84)73-23-17-19-36(73)57(82)69(13)25-38(75)71(15)48(29(5)6)61(86)88-33(11)44(55(80)65-42)67-53(78)35-22-21-31(9)51-46(35)64-47-40(41(63)50(77)32(10)52(47)90-51)54(79)68-45-34(12)89-62(87)49(30(7)8)72(16)39(76)26-70(14)58(83)37-20-18-24-74(37)60(85)43(28(3)4)66-56(45)81;2*1-12(2)11-10-6-4(5(7)13)8-3-9-6/h21-22,27-30,33-34,36-37,42-45,48-49H,17-20,23-26,63H2,1-16H3,(H,65,80)(H,66,81)(H,67,78)(H,68,79);2*3H,1-2H3,(H2,7,13)(H,8,9)/t33-,34-,36+,37+,42-,43-,44+,45+,48+,49+;;/m1../s1. The number of carbonyl (C=O) groups is 14. The highest BCUT2D eigenvalue weighted by atomic mass is 16.6. The zero-order chi connectivity index (χ0) is 86.7. The van der Waals surface area contributed by atoms with Gasteiger partial charge in [0.05, 0.1) is 42.6 Å². The van der Waals surface area contributed by atoms with Crippen LogP contribution in [0.2, 0.25) is 0 Å². The molecule has 0 saturated carbocycles. The average Bonchev–Trinajstić information content (AvgIpc) is 0.967. The van der Waals surface area contributed by atoms with E-state index in [-0.39, 0.29) is 76.9 Å². The number of ether oxygens (including phenoxy) is 2. The lowest BCUT2D eigenvalue weighted by atomic mass is 9.98. The van der Waals surface area contributed by atoms with E-state index in [1.807, 2.05) is 0 Å². The summed E-state index contributed by atoms with van der Waals surface area (Å²) in [5, 5.41) is 28.4. The van der Waals surface area contributed by atoms with Crippen LogP contribution in [0.3, 0.4) is 0 Å². The van der Waals surface area contributed by atoms with Gasteiger partial charge in [0.15, 0.2) is 22.7 Å². The van der Waals surface area contributed by atoms with Crippen molar-refractivity contribution >= 4 is 111 Å². The third-order valence-electron chi connectivity index (χ3n) is 19.9. The minimum Gasteiger partial charge on any atom is -0.458 e. The number of aromatic nitrogens is 5. The summed E-state index contributed by atoms with van der Waals surface area (Å²) < 4.78 is 18.3. The van der Waals surface area contributed by atoms with E-state index in [1.165, 1.54) is 103 Å². The first-order chi connectivity index (χ1) is 54.3. The van der Waals surface area contributed by atoms with Crippen LogP contribution in [0.25, 0.3) is 22.6 Å². The summed E-state index contributed by atoms with van der Waals surface area (Å²) in [6, 6.07) is -7.90. The van der Waals surface area contributed by atoms with E-state index in [4.69, 9.17) is 36.1 Å². The first-order valence-corrected chi connectivity index (χ1v) is 37.6. The Kier molecular flexibility index (Phi) is 30.1. The Labute approximate surface area is 668 Å². The van der Waals surface area contributed by atoms with Gasteiger partial charge in [-0.25, -0.2) is 24.5 Å². The highest BCUT2D eigenvalue weighted by Gasteiger charge is 2.47. The van der Waals surface area contributed by atoms with Crippen LogP contribution in [0.5, 0.6) is 0 Å². The Morgan fingerprint density at radius 3 is 1.37 bits per heavy atom. The number of carbonyl (C=O) groups excluding carboxylic acids is 14. The molecule has 4 saturated heterocycles. The van der Waals surface area contributed by atoms with Gasteiger partial charge < -0.3 is 91.7 Å². The van der Waals surface area contributed by atoms with Crippen molar-refractivity contribution in [3.8, 4) is 11.5 Å². The van der Waals surface area contributed by atoms with Gasteiger partial charge in [0, 0.05) is 75.0 Å². The van der Waals surface area contributed by atoms with Gasteiger partial charge in [-0.2, -0.15) is 0 Å². The normalized spacial score (nSPS) is 22.7. The molecule has 3 aromatic rings. The number of aryl methyl sites for hydroxylation is 1. The van der Waals surface area contributed by atoms with E-state index >= 15 is 9.59 Å². The zero-order valence-corrected chi connectivity index (χ0v) is 68.8. The molecule has 42 heteroatoms. The van der Waals surface area contributed by atoms with Gasteiger partial charge in [0.25, 0.3) is 23.6 Å². The van der Waals surface area contributed by atoms with Crippen LogP contribution in [0.4, 0.5) is 17.3 Å². The quantitative estimate of drug-likeness (QED) is 0.0245. The summed E-state index contributed by atoms with van der Waals surface area (Å²) in [7, 11) is 12.4. The molecule has 1 aromatic carbocycles. The fraction of sp³-hybridized carbons (Fsp3) is 0.568. The zero-order valence-electron chi connectivity index (χ0n) is 68.8. The molecule has 12 N–H and O–H groups in total. The number of nitrogens with one attached hydrogen (secondary N) is 6. The minimum absolute atomic E-state index is 0.0763. The number of esters is 2. The number of hydrogen-bond donors (Lipinski definition) is 9. The molecule has 1 aliphatic carbocycles. The van der Waals surface area contributed by atoms with Crippen molar-refractivity contribution in [2.75, 3.05) is 88.3 Å². The number of hydrogen-bond acceptors (Lipinski definition) is 26. The Balaban J connectivity index is 0.000000602. The average molecular weight is 1620 g/mol. The van der Waals surface area contributed by atoms with Crippen LogP contribution in [-0.4, -0.2) is 290 Å². The maximum Gasteiger partial charge on any atom is 0.329 e. The first-order valence-electron chi connectivity index (χ1n) is 37.6. The van der Waals surface area contributed by atoms with E-state index in [2.05, 4.69) is 61.9 Å². The van der Waals surface area contributed by atoms with Gasteiger partial charge in [0.2, 0.25) is 64.3 Å². The molecule has 630 valence electrons. The number of nitrogens with zero attached hydrogens (tertiary/aromatic N) is 15. The van der Waals surface area contributed by atoms with Gasteiger partial charge in [-0.3, -0.25) is 72.3 Å². The number of fused-ring (bicyclic) bond motifs is 4. The molecule has 4 fully saturated rings. The van der Waals surface area contributed by atoms with Crippen molar-refractivity contribution in [3.05, 3.63) is 68.7 Å². The lowest BCUT2D eigenvalue weighted by molar-refractivity contribution is -0.163. The third-order valence-corrected chi connectivity index (χ3v) is 19.9. The second-order valence-electron chi connectivity index (χ2n) is 30.5. The fourth-order valence-electron chi connectivity index (χ4n) is 13.6. The molecule has 7 heterocycles. The SMILES string of the molecule is CN(C)N=Nc1nc[nH]c1C(N)=O.CN(C)N=Nc1nc[nH]c1C(N)=O.Cc1c2oc3c(C)ccc(C(=O)N[C@@H]4C(=O)N[C@H](C(C)C)C(=O)N5CCC[C@H]5C(=O)N(C)CC(=O)N(C)[C@@H](C(C)C)C(=O)O[C@@H]4C)c3nc-2c(C(=O)N[C@@H]2C(=O)N[C@H](C(C)C)C(=O)N3CCC[C@H]3C(=O)N(C)CC(=O)N(C)[C@@H](C(C)C)C(=O)O[C@@H]2C)c(N)c1=O. The van der Waals surface area contributed by atoms with Crippen LogP contribution >= 0.6 is 0 Å². The van der Waals surface area contributed by atoms with Crippen LogP contribution in [0.1, 0.15) is 148 Å². The van der Waals surface area contributed by atoms with Crippen LogP contribution in [-0.2, 0) is 57.4 Å². The van der Waals surface area contributed by atoms with Crippen molar-refractivity contribution in [2.45, 2.75) is 169 Å². The number of likely N-dealkylation sites (N-methyl/N-ethyl adjacent to an activating group) is 4. The van der Waals surface area contributed by atoms with E-state index in [1.54, 1.807) is 90.5 Å². The first kappa shape index (κ1) is 90.6. The van der Waals surface area contributed by atoms with Crippen molar-refractivity contribution in [3.63, 3.8) is 0 Å². The van der Waals surface area contributed by atoms with Crippen LogP contribution in [0, 0.1) is 37.5 Å². The van der Waals surface area contributed by atoms with Crippen LogP contribution in [0.15, 0.2) is 54.7 Å². The summed E-state index contributed by atoms with van der Waals surface area (Å²) in [6.07, 6.45) is 1.02. The Hall–Kier alpha value is -12.6. The molecule has 10 atom stereocenters. The van der Waals surface area contributed by atoms with Crippen molar-refractivity contribution in [2.24, 2.45) is 55.8 Å². The largest absolute Gasteiger partial charge is 0.458 e. The number of H-pyrrole nitrogens is 2. The van der Waals surface area contributed by atoms with Crippen molar-refractivity contribution in [1.29, 1.82) is 0 Å². The van der Waals surface area contributed by atoms with E-state index in [0.717, 1.165) is 9.80 Å². The van der Waals surface area contributed by atoms with Crippen molar-refractivity contribution < 1.29 is 81.0 Å². The van der Waals surface area contributed by atoms with E-state index in [9.17, 15) is 62.3 Å². The number of benzene rings is 2. The Morgan fingerprint density at radius 1 is 0.586 bits per heavy atom. The molecule has 5 aliphatic heterocycles. The summed E-state index contributed by atoms with van der Waals surface area (Å²) >= 11 is 0. The van der Waals surface area contributed by atoms with Gasteiger partial charge in [-0.1, -0.05) is 71.9 Å². The molecule has 12 amide bonds. The smallest absolute Gasteiger partial charge is 0.329 e. The highest BCUT2D eigenvalue weighted by Crippen LogP contribution is 2.36. The third kappa shape index (κ3) is 20.7. The van der Waals surface area contributed by atoms with Gasteiger partial charge in [-0.05, 0) is 88.7 Å². The molecular formula is C74H106N24O18. The maximum absolute atomic E-state index is 15.2. The van der Waals surface area contributed by atoms with Crippen molar-refractivity contribution in [1.82, 2.24) is 85.6 Å². The lowest BCUT2D eigenvalue weighted by Gasteiger charge is -2.36. The summed E-state index contributed by atoms with van der Waals surface area (Å²) in [5.41, 5.74) is 14.0. The van der Waals surface area contributed by atoms with Gasteiger partial charge in [0.1, 0.15) is 71.8 Å². The van der Waals surface area contributed by atoms with E-state index in [0.29, 0.717) is 18.4 Å². The highest BCUT2D eigenvalue weighted by molar-refractivity contribution is 6.11. The number of rotatable bonds is 14. The molecule has 0 radical (unpaired) electrons. The predicted molar refractivity (Wildman–Crippen MR) is 416 cm³/mol. The predicted octanol–water partition coefficient (Wildman–Crippen LogP) is 0.863. The molecule has 6 aliphatic rings. The minimum atomic E-state index is -1.88. The molecule has 9 rings (SSSR count). The summed E-state index contributed by atoms with van der Waals surface area (Å²) in [6.45, 7) is 18.4.